The predicted molar refractivity (Wildman–Crippen MR) is 64.0 cm³/mol. The number of halogens is 1. The summed E-state index contributed by atoms with van der Waals surface area (Å²) in [5.41, 5.74) is 1.25. The van der Waals surface area contributed by atoms with Crippen molar-refractivity contribution in [2.24, 2.45) is 5.16 Å². The Balaban J connectivity index is 2.22. The summed E-state index contributed by atoms with van der Waals surface area (Å²) >= 11 is 3.32. The van der Waals surface area contributed by atoms with Crippen molar-refractivity contribution in [1.29, 1.82) is 0 Å². The number of rotatable bonds is 3. The summed E-state index contributed by atoms with van der Waals surface area (Å²) in [4.78, 5) is 11.8. The Hall–Kier alpha value is -1.36. The summed E-state index contributed by atoms with van der Waals surface area (Å²) in [7, 11) is 0. The van der Waals surface area contributed by atoms with E-state index < -0.39 is 0 Å². The monoisotopic (exact) mass is 282 g/mol. The molecule has 0 unspecified atom stereocenters. The van der Waals surface area contributed by atoms with Gasteiger partial charge in [0.25, 0.3) is 5.91 Å². The first kappa shape index (κ1) is 11.1. The van der Waals surface area contributed by atoms with Gasteiger partial charge in [0.2, 0.25) is 0 Å². The van der Waals surface area contributed by atoms with Crippen LogP contribution in [0.1, 0.15) is 28.8 Å². The maximum atomic E-state index is 11.8. The first-order valence-corrected chi connectivity index (χ1v) is 5.78. The number of carbonyl (C=O) groups is 1. The fourth-order valence-corrected chi connectivity index (χ4v) is 1.78. The van der Waals surface area contributed by atoms with Gasteiger partial charge in [-0.3, -0.25) is 4.79 Å². The van der Waals surface area contributed by atoms with Crippen LogP contribution in [-0.4, -0.2) is 23.4 Å². The minimum Gasteiger partial charge on any atom is -0.411 e. The Kier molecular flexibility index (Phi) is 3.24. The molecule has 0 atom stereocenters. The SMILES string of the molecule is O=C(NC1CC1)c1cc(C=NO)ccc1Br. The van der Waals surface area contributed by atoms with Gasteiger partial charge in [0.15, 0.2) is 0 Å². The van der Waals surface area contributed by atoms with Gasteiger partial charge >= 0.3 is 0 Å². The van der Waals surface area contributed by atoms with Crippen LogP contribution in [0.5, 0.6) is 0 Å². The van der Waals surface area contributed by atoms with E-state index in [2.05, 4.69) is 26.4 Å². The molecule has 84 valence electrons. The van der Waals surface area contributed by atoms with Gasteiger partial charge in [-0.15, -0.1) is 0 Å². The molecule has 1 saturated carbocycles. The molecule has 0 bridgehead atoms. The Bertz CT molecular complexity index is 442. The summed E-state index contributed by atoms with van der Waals surface area (Å²) < 4.78 is 0.737. The third-order valence-electron chi connectivity index (χ3n) is 2.35. The number of benzene rings is 1. The molecule has 0 heterocycles. The molecule has 4 nitrogen and oxygen atoms in total. The molecule has 0 saturated heterocycles. The van der Waals surface area contributed by atoms with Crippen LogP contribution in [0.4, 0.5) is 0 Å². The first-order valence-electron chi connectivity index (χ1n) is 4.98. The van der Waals surface area contributed by atoms with Crippen LogP contribution in [0.25, 0.3) is 0 Å². The maximum absolute atomic E-state index is 11.8. The summed E-state index contributed by atoms with van der Waals surface area (Å²) in [5.74, 6) is -0.0948. The lowest BCUT2D eigenvalue weighted by Crippen LogP contribution is -2.25. The molecule has 1 amide bonds. The smallest absolute Gasteiger partial charge is 0.252 e. The highest BCUT2D eigenvalue weighted by Gasteiger charge is 2.24. The van der Waals surface area contributed by atoms with E-state index in [1.807, 2.05) is 0 Å². The van der Waals surface area contributed by atoms with Crippen molar-refractivity contribution < 1.29 is 10.0 Å². The highest BCUT2D eigenvalue weighted by atomic mass is 79.9. The molecule has 1 fully saturated rings. The van der Waals surface area contributed by atoms with Gasteiger partial charge < -0.3 is 10.5 Å². The van der Waals surface area contributed by atoms with Crippen molar-refractivity contribution in [3.05, 3.63) is 33.8 Å². The number of nitrogens with zero attached hydrogens (tertiary/aromatic N) is 1. The van der Waals surface area contributed by atoms with Gasteiger partial charge in [0.1, 0.15) is 0 Å². The second-order valence-corrected chi connectivity index (χ2v) is 4.59. The van der Waals surface area contributed by atoms with Crippen LogP contribution >= 0.6 is 15.9 Å². The van der Waals surface area contributed by atoms with Crippen LogP contribution in [0.2, 0.25) is 0 Å². The minimum absolute atomic E-state index is 0.0948. The quantitative estimate of drug-likeness (QED) is 0.507. The fourth-order valence-electron chi connectivity index (χ4n) is 1.35. The van der Waals surface area contributed by atoms with Crippen molar-refractivity contribution in [2.75, 3.05) is 0 Å². The summed E-state index contributed by atoms with van der Waals surface area (Å²) in [6, 6.07) is 5.53. The van der Waals surface area contributed by atoms with Crippen molar-refractivity contribution in [3.63, 3.8) is 0 Å². The molecule has 16 heavy (non-hydrogen) atoms. The topological polar surface area (TPSA) is 61.7 Å². The molecule has 1 aromatic rings. The summed E-state index contributed by atoms with van der Waals surface area (Å²) in [5, 5.41) is 14.3. The highest BCUT2D eigenvalue weighted by Crippen LogP contribution is 2.22. The molecule has 1 aliphatic carbocycles. The van der Waals surface area contributed by atoms with E-state index in [1.165, 1.54) is 6.21 Å². The average molecular weight is 283 g/mol. The predicted octanol–water partition coefficient (Wildman–Crippen LogP) is 2.15. The van der Waals surface area contributed by atoms with Crippen LogP contribution < -0.4 is 5.32 Å². The zero-order valence-electron chi connectivity index (χ0n) is 8.48. The van der Waals surface area contributed by atoms with Crippen molar-refractivity contribution in [1.82, 2.24) is 5.32 Å². The number of nitrogens with one attached hydrogen (secondary N) is 1. The number of hydrogen-bond donors (Lipinski definition) is 2. The van der Waals surface area contributed by atoms with Gasteiger partial charge in [0.05, 0.1) is 11.8 Å². The Morgan fingerprint density at radius 3 is 2.94 bits per heavy atom. The zero-order chi connectivity index (χ0) is 11.5. The molecule has 0 spiro atoms. The van der Waals surface area contributed by atoms with Gasteiger partial charge in [-0.1, -0.05) is 11.2 Å². The molecular weight excluding hydrogens is 272 g/mol. The number of amides is 1. The van der Waals surface area contributed by atoms with E-state index in [1.54, 1.807) is 18.2 Å². The van der Waals surface area contributed by atoms with E-state index in [0.717, 1.165) is 17.3 Å². The van der Waals surface area contributed by atoms with Gasteiger partial charge in [-0.05, 0) is 46.5 Å². The standard InChI is InChI=1S/C11H11BrN2O2/c12-10-4-1-7(6-13-16)5-9(10)11(15)14-8-2-3-8/h1,4-6,8,16H,2-3H2,(H,14,15). The average Bonchev–Trinajstić information content (AvgIpc) is 3.05. The van der Waals surface area contributed by atoms with Gasteiger partial charge in [-0.2, -0.15) is 0 Å². The molecule has 2 rings (SSSR count). The first-order chi connectivity index (χ1) is 7.70. The fraction of sp³-hybridized carbons (Fsp3) is 0.273. The number of oxime groups is 1. The van der Waals surface area contributed by atoms with Crippen LogP contribution in [-0.2, 0) is 0 Å². The molecule has 0 aromatic heterocycles. The van der Waals surface area contributed by atoms with E-state index >= 15 is 0 Å². The molecule has 5 heteroatoms. The highest BCUT2D eigenvalue weighted by molar-refractivity contribution is 9.10. The molecular formula is C11H11BrN2O2. The Labute approximate surface area is 101 Å². The van der Waals surface area contributed by atoms with E-state index in [9.17, 15) is 4.79 Å². The van der Waals surface area contributed by atoms with Crippen molar-refractivity contribution >= 4 is 28.1 Å². The largest absolute Gasteiger partial charge is 0.411 e. The van der Waals surface area contributed by atoms with Gasteiger partial charge in [-0.25, -0.2) is 0 Å². The normalized spacial score (nSPS) is 15.3. The second-order valence-electron chi connectivity index (χ2n) is 3.73. The third-order valence-corrected chi connectivity index (χ3v) is 3.05. The number of carbonyl (C=O) groups excluding carboxylic acids is 1. The van der Waals surface area contributed by atoms with Crippen molar-refractivity contribution in [3.8, 4) is 0 Å². The molecule has 2 N–H and O–H groups in total. The van der Waals surface area contributed by atoms with Crippen LogP contribution in [0.3, 0.4) is 0 Å². The summed E-state index contributed by atoms with van der Waals surface area (Å²) in [6.07, 6.45) is 3.41. The lowest BCUT2D eigenvalue weighted by molar-refractivity contribution is 0.0950. The van der Waals surface area contributed by atoms with E-state index in [-0.39, 0.29) is 5.91 Å². The molecule has 0 aliphatic heterocycles. The third kappa shape index (κ3) is 2.61. The van der Waals surface area contributed by atoms with E-state index in [4.69, 9.17) is 5.21 Å². The summed E-state index contributed by atoms with van der Waals surface area (Å²) in [6.45, 7) is 0. The zero-order valence-corrected chi connectivity index (χ0v) is 10.1. The Morgan fingerprint density at radius 1 is 1.56 bits per heavy atom. The number of hydrogen-bond acceptors (Lipinski definition) is 3. The van der Waals surface area contributed by atoms with Crippen molar-refractivity contribution in [2.45, 2.75) is 18.9 Å². The lowest BCUT2D eigenvalue weighted by atomic mass is 10.1. The van der Waals surface area contributed by atoms with Crippen LogP contribution in [0.15, 0.2) is 27.8 Å². The Morgan fingerprint density at radius 2 is 2.31 bits per heavy atom. The second kappa shape index (κ2) is 4.65. The lowest BCUT2D eigenvalue weighted by Gasteiger charge is -2.06. The van der Waals surface area contributed by atoms with E-state index in [0.29, 0.717) is 17.2 Å². The molecule has 1 aromatic carbocycles. The molecule has 1 aliphatic rings. The van der Waals surface area contributed by atoms with Gasteiger partial charge in [0, 0.05) is 10.5 Å². The maximum Gasteiger partial charge on any atom is 0.252 e. The minimum atomic E-state index is -0.0948. The molecule has 0 radical (unpaired) electrons. The van der Waals surface area contributed by atoms with Crippen LogP contribution in [0, 0.1) is 0 Å².